The lowest BCUT2D eigenvalue weighted by molar-refractivity contribution is 0.102. The van der Waals surface area contributed by atoms with Crippen molar-refractivity contribution in [2.45, 2.75) is 32.1 Å². The molecule has 1 aliphatic carbocycles. The Balaban J connectivity index is 1.61. The minimum Gasteiger partial charge on any atom is -0.305 e. The fourth-order valence-electron chi connectivity index (χ4n) is 3.21. The standard InChI is InChI=1S/C18H17ClN4O/c19-13-6-4-8-14-11(13)9-10-16(20-14)21-18(24)17-12-5-2-1-3-7-15(12)22-23-17/h4,6,8-10H,1-3,5,7H2,(H,22,23)(H,20,21,24). The van der Waals surface area contributed by atoms with Crippen molar-refractivity contribution in [3.8, 4) is 0 Å². The summed E-state index contributed by atoms with van der Waals surface area (Å²) in [6.07, 6.45) is 5.29. The van der Waals surface area contributed by atoms with Crippen LogP contribution in [0.15, 0.2) is 30.3 Å². The van der Waals surface area contributed by atoms with Crippen molar-refractivity contribution in [1.82, 2.24) is 15.2 Å². The third-order valence-corrected chi connectivity index (χ3v) is 4.77. The number of nitrogens with one attached hydrogen (secondary N) is 2. The van der Waals surface area contributed by atoms with E-state index in [1.165, 1.54) is 6.42 Å². The molecule has 2 N–H and O–H groups in total. The molecule has 3 aromatic rings. The van der Waals surface area contributed by atoms with Crippen LogP contribution in [0.2, 0.25) is 5.02 Å². The Morgan fingerprint density at radius 2 is 2.00 bits per heavy atom. The summed E-state index contributed by atoms with van der Waals surface area (Å²) in [6, 6.07) is 9.17. The summed E-state index contributed by atoms with van der Waals surface area (Å²) in [5.41, 5.74) is 3.38. The summed E-state index contributed by atoms with van der Waals surface area (Å²) in [5, 5.41) is 11.6. The Kier molecular flexibility index (Phi) is 3.94. The number of aromatic nitrogens is 3. The van der Waals surface area contributed by atoms with E-state index >= 15 is 0 Å². The highest BCUT2D eigenvalue weighted by Gasteiger charge is 2.21. The molecule has 6 heteroatoms. The Morgan fingerprint density at radius 3 is 2.92 bits per heavy atom. The van der Waals surface area contributed by atoms with Gasteiger partial charge in [-0.3, -0.25) is 9.89 Å². The van der Waals surface area contributed by atoms with Crippen LogP contribution in [-0.4, -0.2) is 21.1 Å². The van der Waals surface area contributed by atoms with E-state index in [4.69, 9.17) is 11.6 Å². The molecular weight excluding hydrogens is 324 g/mol. The lowest BCUT2D eigenvalue weighted by Gasteiger charge is -2.06. The maximum Gasteiger partial charge on any atom is 0.277 e. The number of carbonyl (C=O) groups is 1. The molecule has 2 aromatic heterocycles. The molecule has 4 rings (SSSR count). The van der Waals surface area contributed by atoms with Crippen LogP contribution in [0.3, 0.4) is 0 Å². The van der Waals surface area contributed by atoms with Gasteiger partial charge in [-0.15, -0.1) is 0 Å². The van der Waals surface area contributed by atoms with Gasteiger partial charge in [-0.05, 0) is 49.9 Å². The minimum atomic E-state index is -0.219. The van der Waals surface area contributed by atoms with Crippen molar-refractivity contribution in [2.24, 2.45) is 0 Å². The first-order chi connectivity index (χ1) is 11.7. The first kappa shape index (κ1) is 15.1. The van der Waals surface area contributed by atoms with Gasteiger partial charge >= 0.3 is 0 Å². The molecule has 24 heavy (non-hydrogen) atoms. The van der Waals surface area contributed by atoms with E-state index in [1.54, 1.807) is 6.07 Å². The van der Waals surface area contributed by atoms with E-state index in [9.17, 15) is 4.79 Å². The maximum atomic E-state index is 12.6. The quantitative estimate of drug-likeness (QED) is 0.689. The molecule has 1 amide bonds. The molecule has 0 saturated carbocycles. The van der Waals surface area contributed by atoms with Crippen LogP contribution in [0.4, 0.5) is 5.82 Å². The maximum absolute atomic E-state index is 12.6. The van der Waals surface area contributed by atoms with Crippen LogP contribution in [0.5, 0.6) is 0 Å². The van der Waals surface area contributed by atoms with Gasteiger partial charge in [-0.2, -0.15) is 5.10 Å². The number of rotatable bonds is 2. The SMILES string of the molecule is O=C(Nc1ccc2c(Cl)cccc2n1)c1n[nH]c2c1CCCCC2. The van der Waals surface area contributed by atoms with Crippen molar-refractivity contribution >= 4 is 34.2 Å². The average Bonchev–Trinajstić information content (AvgIpc) is 2.84. The zero-order valence-corrected chi connectivity index (χ0v) is 13.9. The number of benzene rings is 1. The molecule has 0 radical (unpaired) electrons. The van der Waals surface area contributed by atoms with Crippen LogP contribution < -0.4 is 5.32 Å². The second-order valence-electron chi connectivity index (χ2n) is 6.05. The number of nitrogens with zero attached hydrogens (tertiary/aromatic N) is 2. The van der Waals surface area contributed by atoms with Crippen molar-refractivity contribution in [1.29, 1.82) is 0 Å². The highest BCUT2D eigenvalue weighted by atomic mass is 35.5. The van der Waals surface area contributed by atoms with Gasteiger partial charge in [0.25, 0.3) is 5.91 Å². The summed E-state index contributed by atoms with van der Waals surface area (Å²) >= 11 is 6.15. The van der Waals surface area contributed by atoms with Gasteiger partial charge in [0.2, 0.25) is 0 Å². The molecule has 0 bridgehead atoms. The number of halogens is 1. The molecule has 0 unspecified atom stereocenters. The van der Waals surface area contributed by atoms with Crippen LogP contribution in [0.1, 0.15) is 41.0 Å². The Morgan fingerprint density at radius 1 is 1.12 bits per heavy atom. The highest BCUT2D eigenvalue weighted by Crippen LogP contribution is 2.25. The number of hydrogen-bond acceptors (Lipinski definition) is 3. The summed E-state index contributed by atoms with van der Waals surface area (Å²) in [4.78, 5) is 17.1. The number of amides is 1. The molecular formula is C18H17ClN4O. The molecule has 1 aliphatic rings. The van der Waals surface area contributed by atoms with E-state index in [0.717, 1.165) is 47.8 Å². The predicted molar refractivity (Wildman–Crippen MR) is 94.6 cm³/mol. The minimum absolute atomic E-state index is 0.219. The Bertz CT molecular complexity index is 919. The molecule has 2 heterocycles. The number of pyridine rings is 1. The predicted octanol–water partition coefficient (Wildman–Crippen LogP) is 4.13. The van der Waals surface area contributed by atoms with E-state index in [2.05, 4.69) is 20.5 Å². The van der Waals surface area contributed by atoms with Crippen molar-refractivity contribution in [3.05, 3.63) is 52.3 Å². The molecule has 122 valence electrons. The second-order valence-corrected chi connectivity index (χ2v) is 6.45. The van der Waals surface area contributed by atoms with E-state index < -0.39 is 0 Å². The first-order valence-electron chi connectivity index (χ1n) is 8.15. The van der Waals surface area contributed by atoms with E-state index in [-0.39, 0.29) is 5.91 Å². The molecule has 0 aliphatic heterocycles. The van der Waals surface area contributed by atoms with Gasteiger partial charge in [0.1, 0.15) is 5.82 Å². The normalized spacial score (nSPS) is 14.2. The van der Waals surface area contributed by atoms with Crippen LogP contribution >= 0.6 is 11.6 Å². The Hall–Kier alpha value is -2.40. The molecule has 0 atom stereocenters. The lowest BCUT2D eigenvalue weighted by atomic mass is 10.1. The first-order valence-corrected chi connectivity index (χ1v) is 8.53. The number of hydrogen-bond donors (Lipinski definition) is 2. The van der Waals surface area contributed by atoms with Gasteiger partial charge in [0, 0.05) is 21.7 Å². The molecule has 0 saturated heterocycles. The number of H-pyrrole nitrogens is 1. The van der Waals surface area contributed by atoms with Crippen molar-refractivity contribution < 1.29 is 4.79 Å². The largest absolute Gasteiger partial charge is 0.305 e. The number of aromatic amines is 1. The third-order valence-electron chi connectivity index (χ3n) is 4.44. The summed E-state index contributed by atoms with van der Waals surface area (Å²) in [7, 11) is 0. The van der Waals surface area contributed by atoms with Crippen LogP contribution in [0.25, 0.3) is 10.9 Å². The van der Waals surface area contributed by atoms with E-state index in [0.29, 0.717) is 16.5 Å². The monoisotopic (exact) mass is 340 g/mol. The van der Waals surface area contributed by atoms with Gasteiger partial charge in [-0.25, -0.2) is 4.98 Å². The molecule has 0 spiro atoms. The second kappa shape index (κ2) is 6.24. The van der Waals surface area contributed by atoms with Crippen LogP contribution in [-0.2, 0) is 12.8 Å². The highest BCUT2D eigenvalue weighted by molar-refractivity contribution is 6.35. The lowest BCUT2D eigenvalue weighted by Crippen LogP contribution is -2.15. The third kappa shape index (κ3) is 2.76. The number of fused-ring (bicyclic) bond motifs is 2. The van der Waals surface area contributed by atoms with Gasteiger partial charge in [0.15, 0.2) is 5.69 Å². The molecule has 5 nitrogen and oxygen atoms in total. The van der Waals surface area contributed by atoms with Gasteiger partial charge in [0.05, 0.1) is 5.52 Å². The van der Waals surface area contributed by atoms with Crippen LogP contribution in [0, 0.1) is 0 Å². The number of aryl methyl sites for hydroxylation is 1. The number of anilines is 1. The fraction of sp³-hybridized carbons (Fsp3) is 0.278. The van der Waals surface area contributed by atoms with Crippen molar-refractivity contribution in [3.63, 3.8) is 0 Å². The van der Waals surface area contributed by atoms with Gasteiger partial charge < -0.3 is 5.32 Å². The van der Waals surface area contributed by atoms with Crippen molar-refractivity contribution in [2.75, 3.05) is 5.32 Å². The zero-order chi connectivity index (χ0) is 16.5. The molecule has 1 aromatic carbocycles. The summed E-state index contributed by atoms with van der Waals surface area (Å²) in [6.45, 7) is 0. The van der Waals surface area contributed by atoms with E-state index in [1.807, 2.05) is 24.3 Å². The summed E-state index contributed by atoms with van der Waals surface area (Å²) < 4.78 is 0. The van der Waals surface area contributed by atoms with Gasteiger partial charge in [-0.1, -0.05) is 24.1 Å². The molecule has 0 fully saturated rings. The summed E-state index contributed by atoms with van der Waals surface area (Å²) in [5.74, 6) is 0.281. The average molecular weight is 341 g/mol. The Labute approximate surface area is 144 Å². The fourth-order valence-corrected chi connectivity index (χ4v) is 3.44. The number of carbonyl (C=O) groups excluding carboxylic acids is 1. The zero-order valence-electron chi connectivity index (χ0n) is 13.1. The topological polar surface area (TPSA) is 70.7 Å². The smallest absolute Gasteiger partial charge is 0.277 e.